The molecule has 0 radical (unpaired) electrons. The van der Waals surface area contributed by atoms with Crippen LogP contribution in [-0.2, 0) is 4.79 Å². The third-order valence-corrected chi connectivity index (χ3v) is 1.81. The van der Waals surface area contributed by atoms with E-state index in [0.29, 0.717) is 12.8 Å². The van der Waals surface area contributed by atoms with Gasteiger partial charge in [0.05, 0.1) is 5.41 Å². The predicted molar refractivity (Wildman–Crippen MR) is 45.4 cm³/mol. The molecule has 1 unspecified atom stereocenters. The van der Waals surface area contributed by atoms with Crippen molar-refractivity contribution < 1.29 is 9.90 Å². The molecule has 0 spiro atoms. The number of carbonyl (C=O) groups is 1. The Bertz CT molecular complexity index is 172. The van der Waals surface area contributed by atoms with Gasteiger partial charge < -0.3 is 5.11 Å². The highest BCUT2D eigenvalue weighted by Gasteiger charge is 2.27. The largest absolute Gasteiger partial charge is 0.481 e. The van der Waals surface area contributed by atoms with Gasteiger partial charge in [0, 0.05) is 0 Å². The van der Waals surface area contributed by atoms with Crippen molar-refractivity contribution in [3.8, 4) is 0 Å². The lowest BCUT2D eigenvalue weighted by Gasteiger charge is -2.18. The molecule has 0 aromatic heterocycles. The molecule has 0 aliphatic heterocycles. The number of hydrogen-bond acceptors (Lipinski definition) is 1. The summed E-state index contributed by atoms with van der Waals surface area (Å²) >= 11 is 0. The summed E-state index contributed by atoms with van der Waals surface area (Å²) in [5, 5.41) is 8.75. The van der Waals surface area contributed by atoms with E-state index in [1.807, 2.05) is 0 Å². The van der Waals surface area contributed by atoms with Gasteiger partial charge in [-0.2, -0.15) is 0 Å². The van der Waals surface area contributed by atoms with Crippen molar-refractivity contribution in [2.45, 2.75) is 19.8 Å². The molecule has 0 aromatic carbocycles. The molecule has 0 aliphatic carbocycles. The second-order valence-electron chi connectivity index (χ2n) is 2.75. The number of hydrogen-bond donors (Lipinski definition) is 1. The monoisotopic (exact) mass is 154 g/mol. The van der Waals surface area contributed by atoms with Crippen molar-refractivity contribution >= 4 is 5.97 Å². The Hall–Kier alpha value is -1.05. The Labute approximate surface area is 67.2 Å². The zero-order chi connectivity index (χ0) is 8.91. The molecule has 62 valence electrons. The summed E-state index contributed by atoms with van der Waals surface area (Å²) in [5.41, 5.74) is -0.797. The predicted octanol–water partition coefficient (Wildman–Crippen LogP) is 2.23. The van der Waals surface area contributed by atoms with Crippen molar-refractivity contribution in [1.82, 2.24) is 0 Å². The van der Waals surface area contributed by atoms with Gasteiger partial charge in [0.25, 0.3) is 0 Å². The van der Waals surface area contributed by atoms with Crippen molar-refractivity contribution in [1.29, 1.82) is 0 Å². The lowest BCUT2D eigenvalue weighted by molar-refractivity contribution is -0.145. The fraction of sp³-hybridized carbons (Fsp3) is 0.444. The van der Waals surface area contributed by atoms with Gasteiger partial charge in [-0.3, -0.25) is 4.79 Å². The van der Waals surface area contributed by atoms with E-state index in [0.717, 1.165) is 0 Å². The molecule has 2 heteroatoms. The third-order valence-electron chi connectivity index (χ3n) is 1.81. The molecule has 0 heterocycles. The fourth-order valence-corrected chi connectivity index (χ4v) is 0.698. The maximum Gasteiger partial charge on any atom is 0.313 e. The second kappa shape index (κ2) is 3.96. The Kier molecular flexibility index (Phi) is 3.58. The average molecular weight is 154 g/mol. The van der Waals surface area contributed by atoms with Gasteiger partial charge >= 0.3 is 5.97 Å². The van der Waals surface area contributed by atoms with Crippen molar-refractivity contribution in [2.75, 3.05) is 0 Å². The van der Waals surface area contributed by atoms with Crippen LogP contribution in [0, 0.1) is 5.41 Å². The van der Waals surface area contributed by atoms with Crippen LogP contribution in [0.25, 0.3) is 0 Å². The maximum absolute atomic E-state index is 10.7. The first kappa shape index (κ1) is 9.95. The standard InChI is InChI=1S/C9H14O2/c1-4-6-7-9(3,5-2)8(10)11/h4-5H,1-2,6-7H2,3H3,(H,10,11). The Morgan fingerprint density at radius 1 is 1.64 bits per heavy atom. The van der Waals surface area contributed by atoms with E-state index in [1.165, 1.54) is 6.08 Å². The molecule has 0 aliphatic rings. The van der Waals surface area contributed by atoms with Crippen LogP contribution in [-0.4, -0.2) is 11.1 Å². The van der Waals surface area contributed by atoms with Crippen molar-refractivity contribution in [3.05, 3.63) is 25.3 Å². The van der Waals surface area contributed by atoms with Crippen molar-refractivity contribution in [3.63, 3.8) is 0 Å². The second-order valence-corrected chi connectivity index (χ2v) is 2.75. The molecular formula is C9H14O2. The van der Waals surface area contributed by atoms with Gasteiger partial charge in [-0.05, 0) is 19.8 Å². The highest BCUT2D eigenvalue weighted by atomic mass is 16.4. The molecule has 0 fully saturated rings. The molecule has 0 bridgehead atoms. The number of allylic oxidation sites excluding steroid dienone is 1. The normalized spacial score (nSPS) is 15.0. The maximum atomic E-state index is 10.7. The number of aliphatic carboxylic acids is 1. The number of carboxylic acids is 1. The molecule has 2 nitrogen and oxygen atoms in total. The third kappa shape index (κ3) is 2.58. The zero-order valence-corrected chi connectivity index (χ0v) is 6.84. The van der Waals surface area contributed by atoms with Gasteiger partial charge in [0.2, 0.25) is 0 Å². The zero-order valence-electron chi connectivity index (χ0n) is 6.84. The molecule has 0 aromatic rings. The average Bonchev–Trinajstić information content (AvgIpc) is 2.00. The van der Waals surface area contributed by atoms with E-state index < -0.39 is 11.4 Å². The first-order chi connectivity index (χ1) is 5.06. The lowest BCUT2D eigenvalue weighted by Crippen LogP contribution is -2.24. The van der Waals surface area contributed by atoms with E-state index >= 15 is 0 Å². The first-order valence-electron chi connectivity index (χ1n) is 3.54. The first-order valence-corrected chi connectivity index (χ1v) is 3.54. The minimum Gasteiger partial charge on any atom is -0.481 e. The topological polar surface area (TPSA) is 37.3 Å². The van der Waals surface area contributed by atoms with Gasteiger partial charge in [0.1, 0.15) is 0 Å². The molecule has 1 N–H and O–H groups in total. The summed E-state index contributed by atoms with van der Waals surface area (Å²) in [7, 11) is 0. The quantitative estimate of drug-likeness (QED) is 0.616. The van der Waals surface area contributed by atoms with Crippen molar-refractivity contribution in [2.24, 2.45) is 5.41 Å². The smallest absolute Gasteiger partial charge is 0.313 e. The van der Waals surface area contributed by atoms with Crippen LogP contribution in [0.4, 0.5) is 0 Å². The van der Waals surface area contributed by atoms with Crippen LogP contribution < -0.4 is 0 Å². The molecule has 0 saturated carbocycles. The van der Waals surface area contributed by atoms with Gasteiger partial charge in [-0.15, -0.1) is 13.2 Å². The van der Waals surface area contributed by atoms with Crippen LogP contribution in [0.1, 0.15) is 19.8 Å². The van der Waals surface area contributed by atoms with Gasteiger partial charge in [0.15, 0.2) is 0 Å². The van der Waals surface area contributed by atoms with E-state index in [9.17, 15) is 4.79 Å². The molecule has 0 amide bonds. The van der Waals surface area contributed by atoms with Crippen LogP contribution >= 0.6 is 0 Å². The summed E-state index contributed by atoms with van der Waals surface area (Å²) in [6, 6.07) is 0. The number of carboxylic acid groups (broad SMARTS) is 1. The van der Waals surface area contributed by atoms with E-state index in [4.69, 9.17) is 5.11 Å². The molecule has 1 atom stereocenters. The van der Waals surface area contributed by atoms with E-state index in [2.05, 4.69) is 13.2 Å². The Morgan fingerprint density at radius 2 is 2.18 bits per heavy atom. The van der Waals surface area contributed by atoms with Gasteiger partial charge in [-0.1, -0.05) is 12.2 Å². The van der Waals surface area contributed by atoms with Crippen LogP contribution in [0.5, 0.6) is 0 Å². The minimum atomic E-state index is -0.825. The lowest BCUT2D eigenvalue weighted by atomic mass is 9.86. The van der Waals surface area contributed by atoms with Crippen LogP contribution in [0.3, 0.4) is 0 Å². The summed E-state index contributed by atoms with van der Waals surface area (Å²) in [6.07, 6.45) is 4.45. The van der Waals surface area contributed by atoms with E-state index in [1.54, 1.807) is 13.0 Å². The highest BCUT2D eigenvalue weighted by molar-refractivity contribution is 5.76. The molecule has 0 rings (SSSR count). The molecular weight excluding hydrogens is 140 g/mol. The summed E-state index contributed by atoms with van der Waals surface area (Å²) in [4.78, 5) is 10.7. The summed E-state index contributed by atoms with van der Waals surface area (Å²) < 4.78 is 0. The minimum absolute atomic E-state index is 0.565. The highest BCUT2D eigenvalue weighted by Crippen LogP contribution is 2.24. The van der Waals surface area contributed by atoms with Gasteiger partial charge in [-0.25, -0.2) is 0 Å². The SMILES string of the molecule is C=CCCC(C)(C=C)C(=O)O. The van der Waals surface area contributed by atoms with E-state index in [-0.39, 0.29) is 0 Å². The fourth-order valence-electron chi connectivity index (χ4n) is 0.698. The molecule has 11 heavy (non-hydrogen) atoms. The van der Waals surface area contributed by atoms with Crippen LogP contribution in [0.15, 0.2) is 25.3 Å². The summed E-state index contributed by atoms with van der Waals surface area (Å²) in [5.74, 6) is -0.825. The Morgan fingerprint density at radius 3 is 2.45 bits per heavy atom. The van der Waals surface area contributed by atoms with Crippen LogP contribution in [0.2, 0.25) is 0 Å². The number of rotatable bonds is 5. The molecule has 0 saturated heterocycles. The Balaban J connectivity index is 4.21. The summed E-state index contributed by atoms with van der Waals surface area (Å²) in [6.45, 7) is 8.68.